The first-order valence-corrected chi connectivity index (χ1v) is 7.06. The molecule has 0 fully saturated rings. The van der Waals surface area contributed by atoms with Gasteiger partial charge in [0.25, 0.3) is 0 Å². The summed E-state index contributed by atoms with van der Waals surface area (Å²) in [7, 11) is 1.63. The van der Waals surface area contributed by atoms with Crippen LogP contribution in [0.1, 0.15) is 5.76 Å². The molecule has 0 aliphatic rings. The zero-order valence-corrected chi connectivity index (χ0v) is 12.1. The van der Waals surface area contributed by atoms with E-state index in [1.165, 1.54) is 0 Å². The van der Waals surface area contributed by atoms with Gasteiger partial charge in [0.1, 0.15) is 17.1 Å². The van der Waals surface area contributed by atoms with Gasteiger partial charge in [-0.2, -0.15) is 0 Å². The highest BCUT2D eigenvalue weighted by Crippen LogP contribution is 2.32. The molecule has 1 aromatic carbocycles. The van der Waals surface area contributed by atoms with Gasteiger partial charge in [-0.15, -0.1) is 11.3 Å². The van der Waals surface area contributed by atoms with Gasteiger partial charge in [-0.3, -0.25) is 0 Å². The van der Waals surface area contributed by atoms with Crippen molar-refractivity contribution in [1.82, 2.24) is 4.98 Å². The lowest BCUT2D eigenvalue weighted by atomic mass is 10.1. The lowest BCUT2D eigenvalue weighted by Crippen LogP contribution is -1.88. The van der Waals surface area contributed by atoms with Crippen molar-refractivity contribution in [3.05, 3.63) is 39.4 Å². The summed E-state index contributed by atoms with van der Waals surface area (Å²) >= 11 is 7.12. The molecule has 0 saturated carbocycles. The highest BCUT2D eigenvalue weighted by atomic mass is 32.1. The fourth-order valence-corrected chi connectivity index (χ4v) is 3.00. The molecule has 96 valence electrons. The van der Waals surface area contributed by atoms with Crippen LogP contribution in [0.2, 0.25) is 0 Å². The number of hydrogen-bond donors (Lipinski definition) is 0. The van der Waals surface area contributed by atoms with E-state index in [-0.39, 0.29) is 0 Å². The second-order valence-corrected chi connectivity index (χ2v) is 5.23. The SMILES string of the molecule is COc1ccc2c(=S)c(-c3cscn3)c(C)oc2c1. The number of ether oxygens (including phenoxy) is 1. The van der Waals surface area contributed by atoms with Crippen LogP contribution in [0.4, 0.5) is 0 Å². The van der Waals surface area contributed by atoms with Crippen molar-refractivity contribution in [2.75, 3.05) is 7.11 Å². The maximum atomic E-state index is 5.86. The van der Waals surface area contributed by atoms with Gasteiger partial charge >= 0.3 is 0 Å². The number of aryl methyl sites for hydroxylation is 1. The van der Waals surface area contributed by atoms with E-state index in [4.69, 9.17) is 21.4 Å². The summed E-state index contributed by atoms with van der Waals surface area (Å²) in [6.07, 6.45) is 0. The van der Waals surface area contributed by atoms with Crippen molar-refractivity contribution < 1.29 is 9.15 Å². The Morgan fingerprint density at radius 2 is 2.21 bits per heavy atom. The molecule has 3 aromatic rings. The van der Waals surface area contributed by atoms with Gasteiger partial charge in [-0.05, 0) is 19.1 Å². The summed E-state index contributed by atoms with van der Waals surface area (Å²) in [4.78, 5) is 4.32. The number of thiazole rings is 1. The number of aromatic nitrogens is 1. The molecule has 3 rings (SSSR count). The topological polar surface area (TPSA) is 35.3 Å². The van der Waals surface area contributed by atoms with Crippen molar-refractivity contribution in [1.29, 1.82) is 0 Å². The Kier molecular flexibility index (Phi) is 3.08. The van der Waals surface area contributed by atoms with E-state index in [0.717, 1.165) is 38.2 Å². The molecule has 0 aliphatic heterocycles. The smallest absolute Gasteiger partial charge is 0.139 e. The van der Waals surface area contributed by atoms with Crippen LogP contribution in [0.3, 0.4) is 0 Å². The second-order valence-electron chi connectivity index (χ2n) is 4.10. The van der Waals surface area contributed by atoms with E-state index in [0.29, 0.717) is 0 Å². The predicted octanol–water partition coefficient (Wildman–Crippen LogP) is 4.60. The van der Waals surface area contributed by atoms with Crippen LogP contribution in [0.5, 0.6) is 5.75 Å². The molecule has 2 heterocycles. The molecule has 5 heteroatoms. The predicted molar refractivity (Wildman–Crippen MR) is 79.4 cm³/mol. The van der Waals surface area contributed by atoms with Crippen molar-refractivity contribution >= 4 is 34.5 Å². The molecule has 0 aliphatic carbocycles. The Labute approximate surface area is 119 Å². The van der Waals surface area contributed by atoms with Crippen LogP contribution in [0, 0.1) is 11.4 Å². The minimum Gasteiger partial charge on any atom is -0.497 e. The van der Waals surface area contributed by atoms with E-state index in [1.807, 2.05) is 30.5 Å². The molecule has 0 amide bonds. The Morgan fingerprint density at radius 1 is 1.37 bits per heavy atom. The van der Waals surface area contributed by atoms with Gasteiger partial charge in [0.05, 0.1) is 28.4 Å². The minimum absolute atomic E-state index is 0.737. The largest absolute Gasteiger partial charge is 0.497 e. The average molecular weight is 289 g/mol. The van der Waals surface area contributed by atoms with Gasteiger partial charge in [-0.1, -0.05) is 12.2 Å². The molecular weight excluding hydrogens is 278 g/mol. The van der Waals surface area contributed by atoms with Crippen molar-refractivity contribution in [3.8, 4) is 17.0 Å². The third kappa shape index (κ3) is 2.05. The van der Waals surface area contributed by atoms with Gasteiger partial charge in [0.15, 0.2) is 0 Å². The Balaban J connectivity index is 2.35. The molecule has 0 spiro atoms. The number of fused-ring (bicyclic) bond motifs is 1. The van der Waals surface area contributed by atoms with Crippen molar-refractivity contribution in [2.24, 2.45) is 0 Å². The third-order valence-electron chi connectivity index (χ3n) is 2.96. The number of benzene rings is 1. The molecule has 0 atom stereocenters. The van der Waals surface area contributed by atoms with Crippen LogP contribution in [-0.4, -0.2) is 12.1 Å². The molecule has 0 saturated heterocycles. The van der Waals surface area contributed by atoms with Crippen LogP contribution in [0.15, 0.2) is 33.5 Å². The fraction of sp³-hybridized carbons (Fsp3) is 0.143. The number of hydrogen-bond acceptors (Lipinski definition) is 5. The first-order chi connectivity index (χ1) is 9.20. The van der Waals surface area contributed by atoms with Gasteiger partial charge in [-0.25, -0.2) is 4.98 Å². The van der Waals surface area contributed by atoms with E-state index in [1.54, 1.807) is 24.0 Å². The molecule has 19 heavy (non-hydrogen) atoms. The standard InChI is InChI=1S/C14H11NO2S2/c1-8-13(11-6-19-7-15-11)14(18)10-4-3-9(16-2)5-12(10)17-8/h3-7H,1-2H3. The highest BCUT2D eigenvalue weighted by Gasteiger charge is 2.12. The van der Waals surface area contributed by atoms with E-state index >= 15 is 0 Å². The number of rotatable bonds is 2. The van der Waals surface area contributed by atoms with Crippen LogP contribution < -0.4 is 4.74 Å². The zero-order chi connectivity index (χ0) is 13.4. The van der Waals surface area contributed by atoms with Gasteiger partial charge in [0.2, 0.25) is 0 Å². The lowest BCUT2D eigenvalue weighted by molar-refractivity contribution is 0.414. The van der Waals surface area contributed by atoms with Crippen LogP contribution >= 0.6 is 23.6 Å². The number of nitrogens with zero attached hydrogens (tertiary/aromatic N) is 1. The summed E-state index contributed by atoms with van der Waals surface area (Å²) in [6, 6.07) is 5.66. The van der Waals surface area contributed by atoms with Gasteiger partial charge < -0.3 is 9.15 Å². The molecular formula is C14H11NO2S2. The van der Waals surface area contributed by atoms with E-state index in [2.05, 4.69) is 4.98 Å². The maximum absolute atomic E-state index is 5.86. The summed E-state index contributed by atoms with van der Waals surface area (Å²) < 4.78 is 11.8. The van der Waals surface area contributed by atoms with Crippen LogP contribution in [-0.2, 0) is 0 Å². The van der Waals surface area contributed by atoms with Crippen molar-refractivity contribution in [3.63, 3.8) is 0 Å². The number of methoxy groups -OCH3 is 1. The highest BCUT2D eigenvalue weighted by molar-refractivity contribution is 7.71. The normalized spacial score (nSPS) is 10.8. The van der Waals surface area contributed by atoms with Crippen molar-refractivity contribution in [2.45, 2.75) is 6.92 Å². The first-order valence-electron chi connectivity index (χ1n) is 5.70. The Hall–Kier alpha value is -1.72. The zero-order valence-electron chi connectivity index (χ0n) is 10.5. The quantitative estimate of drug-likeness (QED) is 0.646. The molecule has 2 aromatic heterocycles. The third-order valence-corrected chi connectivity index (χ3v) is 3.97. The summed E-state index contributed by atoms with van der Waals surface area (Å²) in [5.41, 5.74) is 4.30. The lowest BCUT2D eigenvalue weighted by Gasteiger charge is -2.07. The molecule has 0 unspecified atom stereocenters. The molecule has 3 nitrogen and oxygen atoms in total. The second kappa shape index (κ2) is 4.75. The Bertz CT molecular complexity index is 791. The first kappa shape index (κ1) is 12.3. The maximum Gasteiger partial charge on any atom is 0.139 e. The molecule has 0 N–H and O–H groups in total. The molecule has 0 bridgehead atoms. The van der Waals surface area contributed by atoms with E-state index < -0.39 is 0 Å². The fourth-order valence-electron chi connectivity index (χ4n) is 2.04. The monoisotopic (exact) mass is 289 g/mol. The summed E-state index contributed by atoms with van der Waals surface area (Å²) in [5, 5.41) is 2.88. The Morgan fingerprint density at radius 3 is 2.89 bits per heavy atom. The van der Waals surface area contributed by atoms with E-state index in [9.17, 15) is 0 Å². The molecule has 0 radical (unpaired) electrons. The summed E-state index contributed by atoms with van der Waals surface area (Å²) in [5.74, 6) is 1.53. The minimum atomic E-state index is 0.737. The van der Waals surface area contributed by atoms with Gasteiger partial charge in [0, 0.05) is 16.8 Å². The van der Waals surface area contributed by atoms with Crippen LogP contribution in [0.25, 0.3) is 22.2 Å². The average Bonchev–Trinajstić information content (AvgIpc) is 2.91. The summed E-state index contributed by atoms with van der Waals surface area (Å²) in [6.45, 7) is 1.91.